The van der Waals surface area contributed by atoms with Gasteiger partial charge in [0.2, 0.25) is 0 Å². The molecule has 0 atom stereocenters. The van der Waals surface area contributed by atoms with E-state index < -0.39 is 0 Å². The van der Waals surface area contributed by atoms with Crippen LogP contribution in [-0.4, -0.2) is 13.7 Å². The molecule has 1 aromatic carbocycles. The Labute approximate surface area is 85.6 Å². The van der Waals surface area contributed by atoms with Gasteiger partial charge in [0.25, 0.3) is 0 Å². The van der Waals surface area contributed by atoms with E-state index in [9.17, 15) is 0 Å². The first-order valence-corrected chi connectivity index (χ1v) is 4.73. The van der Waals surface area contributed by atoms with Crippen LogP contribution in [-0.2, 0) is 6.54 Å². The Morgan fingerprint density at radius 1 is 1.50 bits per heavy atom. The van der Waals surface area contributed by atoms with Crippen LogP contribution in [0.3, 0.4) is 0 Å². The highest BCUT2D eigenvalue weighted by molar-refractivity contribution is 5.36. The molecule has 0 saturated carbocycles. The molecule has 0 radical (unpaired) electrons. The van der Waals surface area contributed by atoms with Gasteiger partial charge >= 0.3 is 0 Å². The molecule has 76 valence electrons. The fraction of sp³-hybridized carbons (Fsp3) is 0.333. The second-order valence-electron chi connectivity index (χ2n) is 3.23. The minimum absolute atomic E-state index is 0.816. The molecule has 14 heavy (non-hydrogen) atoms. The average molecular weight is 191 g/mol. The Morgan fingerprint density at radius 3 is 2.93 bits per heavy atom. The fourth-order valence-corrected chi connectivity index (χ4v) is 1.35. The summed E-state index contributed by atoms with van der Waals surface area (Å²) in [5.41, 5.74) is 2.44. The summed E-state index contributed by atoms with van der Waals surface area (Å²) in [7, 11) is 1.70. The van der Waals surface area contributed by atoms with Crippen LogP contribution in [0.4, 0.5) is 0 Å². The lowest BCUT2D eigenvalue weighted by atomic mass is 10.1. The lowest BCUT2D eigenvalue weighted by molar-refractivity contribution is 0.408. The van der Waals surface area contributed by atoms with Crippen LogP contribution < -0.4 is 10.1 Å². The summed E-state index contributed by atoms with van der Waals surface area (Å²) in [4.78, 5) is 0. The third kappa shape index (κ3) is 2.89. The molecule has 0 heterocycles. The topological polar surface area (TPSA) is 21.3 Å². The SMILES string of the molecule is C=CCNCc1cc(C)ccc1OC. The van der Waals surface area contributed by atoms with Gasteiger partial charge in [-0.25, -0.2) is 0 Å². The predicted octanol–water partition coefficient (Wildman–Crippen LogP) is 2.28. The number of aryl methyl sites for hydroxylation is 1. The van der Waals surface area contributed by atoms with Crippen molar-refractivity contribution in [1.29, 1.82) is 0 Å². The molecule has 0 amide bonds. The maximum atomic E-state index is 5.27. The summed E-state index contributed by atoms with van der Waals surface area (Å²) >= 11 is 0. The van der Waals surface area contributed by atoms with Gasteiger partial charge in [-0.05, 0) is 13.0 Å². The van der Waals surface area contributed by atoms with E-state index in [-0.39, 0.29) is 0 Å². The van der Waals surface area contributed by atoms with Crippen molar-refractivity contribution in [1.82, 2.24) is 5.32 Å². The summed E-state index contributed by atoms with van der Waals surface area (Å²) in [5, 5.41) is 3.26. The second kappa shape index (κ2) is 5.45. The van der Waals surface area contributed by atoms with Crippen molar-refractivity contribution in [2.75, 3.05) is 13.7 Å². The zero-order valence-corrected chi connectivity index (χ0v) is 8.84. The fourth-order valence-electron chi connectivity index (χ4n) is 1.35. The summed E-state index contributed by atoms with van der Waals surface area (Å²) in [6.07, 6.45) is 1.85. The van der Waals surface area contributed by atoms with Crippen molar-refractivity contribution < 1.29 is 4.74 Å². The Morgan fingerprint density at radius 2 is 2.29 bits per heavy atom. The number of hydrogen-bond acceptors (Lipinski definition) is 2. The summed E-state index contributed by atoms with van der Waals surface area (Å²) in [6, 6.07) is 6.19. The minimum atomic E-state index is 0.816. The van der Waals surface area contributed by atoms with Gasteiger partial charge in [-0.15, -0.1) is 6.58 Å². The number of ether oxygens (including phenoxy) is 1. The molecule has 0 bridgehead atoms. The van der Waals surface area contributed by atoms with E-state index in [1.54, 1.807) is 7.11 Å². The molecule has 2 nitrogen and oxygen atoms in total. The van der Waals surface area contributed by atoms with Crippen LogP contribution in [0.2, 0.25) is 0 Å². The third-order valence-electron chi connectivity index (χ3n) is 2.04. The van der Waals surface area contributed by atoms with E-state index in [1.165, 1.54) is 11.1 Å². The Hall–Kier alpha value is -1.28. The first kappa shape index (κ1) is 10.8. The zero-order chi connectivity index (χ0) is 10.4. The molecule has 0 aliphatic carbocycles. The maximum absolute atomic E-state index is 5.27. The maximum Gasteiger partial charge on any atom is 0.123 e. The molecule has 1 aromatic rings. The van der Waals surface area contributed by atoms with Crippen LogP contribution in [0.25, 0.3) is 0 Å². The van der Waals surface area contributed by atoms with Crippen molar-refractivity contribution in [3.63, 3.8) is 0 Å². The van der Waals surface area contributed by atoms with Crippen molar-refractivity contribution in [2.24, 2.45) is 0 Å². The van der Waals surface area contributed by atoms with Crippen molar-refractivity contribution in [3.05, 3.63) is 42.0 Å². The van der Waals surface area contributed by atoms with Crippen molar-refractivity contribution >= 4 is 0 Å². The minimum Gasteiger partial charge on any atom is -0.496 e. The van der Waals surface area contributed by atoms with Crippen LogP contribution in [0, 0.1) is 6.92 Å². The third-order valence-corrected chi connectivity index (χ3v) is 2.04. The Kier molecular flexibility index (Phi) is 4.20. The molecule has 1 N–H and O–H groups in total. The van der Waals surface area contributed by atoms with E-state index in [0.717, 1.165) is 18.8 Å². The van der Waals surface area contributed by atoms with Crippen LogP contribution in [0.5, 0.6) is 5.75 Å². The number of hydrogen-bond donors (Lipinski definition) is 1. The van der Waals surface area contributed by atoms with Gasteiger partial charge < -0.3 is 10.1 Å². The summed E-state index contributed by atoms with van der Waals surface area (Å²) in [6.45, 7) is 7.37. The molecule has 0 spiro atoms. The smallest absolute Gasteiger partial charge is 0.123 e. The van der Waals surface area contributed by atoms with Gasteiger partial charge in [-0.3, -0.25) is 0 Å². The molecular formula is C12H17NO. The molecule has 0 aliphatic heterocycles. The lowest BCUT2D eigenvalue weighted by Gasteiger charge is -2.09. The normalized spacial score (nSPS) is 9.86. The zero-order valence-electron chi connectivity index (χ0n) is 8.84. The number of nitrogens with one attached hydrogen (secondary N) is 1. The highest BCUT2D eigenvalue weighted by atomic mass is 16.5. The van der Waals surface area contributed by atoms with Gasteiger partial charge in [-0.2, -0.15) is 0 Å². The van der Waals surface area contributed by atoms with Gasteiger partial charge in [-0.1, -0.05) is 23.8 Å². The highest BCUT2D eigenvalue weighted by Gasteiger charge is 2.01. The number of methoxy groups -OCH3 is 1. The molecule has 0 aromatic heterocycles. The molecule has 0 unspecified atom stereocenters. The van der Waals surface area contributed by atoms with Crippen LogP contribution >= 0.6 is 0 Å². The van der Waals surface area contributed by atoms with Crippen LogP contribution in [0.15, 0.2) is 30.9 Å². The average Bonchev–Trinajstić information content (AvgIpc) is 2.19. The molecule has 0 saturated heterocycles. The summed E-state index contributed by atoms with van der Waals surface area (Å²) in [5.74, 6) is 0.937. The molecule has 1 rings (SSSR count). The quantitative estimate of drug-likeness (QED) is 0.569. The van der Waals surface area contributed by atoms with E-state index >= 15 is 0 Å². The number of benzene rings is 1. The standard InChI is InChI=1S/C12H17NO/c1-4-7-13-9-11-8-10(2)5-6-12(11)14-3/h4-6,8,13H,1,7,9H2,2-3H3. The Balaban J connectivity index is 2.71. The molecule has 2 heteroatoms. The largest absolute Gasteiger partial charge is 0.496 e. The Bertz CT molecular complexity index is 307. The predicted molar refractivity (Wildman–Crippen MR) is 59.6 cm³/mol. The van der Waals surface area contributed by atoms with E-state index in [1.807, 2.05) is 12.1 Å². The molecule has 0 aliphatic rings. The summed E-state index contributed by atoms with van der Waals surface area (Å²) < 4.78 is 5.27. The molecule has 0 fully saturated rings. The lowest BCUT2D eigenvalue weighted by Crippen LogP contribution is -2.13. The van der Waals surface area contributed by atoms with Gasteiger partial charge in [0, 0.05) is 18.7 Å². The monoisotopic (exact) mass is 191 g/mol. The highest BCUT2D eigenvalue weighted by Crippen LogP contribution is 2.18. The van der Waals surface area contributed by atoms with Gasteiger partial charge in [0.1, 0.15) is 5.75 Å². The van der Waals surface area contributed by atoms with Crippen molar-refractivity contribution in [2.45, 2.75) is 13.5 Å². The van der Waals surface area contributed by atoms with Gasteiger partial charge in [0.15, 0.2) is 0 Å². The first-order valence-electron chi connectivity index (χ1n) is 4.73. The van der Waals surface area contributed by atoms with Gasteiger partial charge in [0.05, 0.1) is 7.11 Å². The van der Waals surface area contributed by atoms with Crippen molar-refractivity contribution in [3.8, 4) is 5.75 Å². The van der Waals surface area contributed by atoms with E-state index in [2.05, 4.69) is 31.0 Å². The number of rotatable bonds is 5. The van der Waals surface area contributed by atoms with Crippen LogP contribution in [0.1, 0.15) is 11.1 Å². The second-order valence-corrected chi connectivity index (χ2v) is 3.23. The van der Waals surface area contributed by atoms with E-state index in [0.29, 0.717) is 0 Å². The molecular weight excluding hydrogens is 174 g/mol. The van der Waals surface area contributed by atoms with E-state index in [4.69, 9.17) is 4.74 Å². The first-order chi connectivity index (χ1) is 6.77.